The van der Waals surface area contributed by atoms with E-state index in [4.69, 9.17) is 11.5 Å². The second-order valence-corrected chi connectivity index (χ2v) is 11.5. The molecule has 5 aromatic heterocycles. The molecule has 0 aromatic carbocycles. The van der Waals surface area contributed by atoms with Gasteiger partial charge in [0.05, 0.1) is 23.8 Å². The summed E-state index contributed by atoms with van der Waals surface area (Å²) < 4.78 is 5.18. The number of carboxylic acids is 2. The summed E-state index contributed by atoms with van der Waals surface area (Å²) in [5.41, 5.74) is 14.4. The highest BCUT2D eigenvalue weighted by Crippen LogP contribution is 2.34. The van der Waals surface area contributed by atoms with Crippen molar-refractivity contribution in [1.82, 2.24) is 54.1 Å². The van der Waals surface area contributed by atoms with Crippen LogP contribution in [0.25, 0.3) is 11.9 Å². The fraction of sp³-hybridized carbons (Fsp3) is 0.414. The van der Waals surface area contributed by atoms with Crippen molar-refractivity contribution in [2.45, 2.75) is 52.4 Å². The first kappa shape index (κ1) is 35.7. The van der Waals surface area contributed by atoms with E-state index in [0.29, 0.717) is 24.2 Å². The molecule has 268 valence electrons. The summed E-state index contributed by atoms with van der Waals surface area (Å²) in [5, 5.41) is 53.4. The van der Waals surface area contributed by atoms with Gasteiger partial charge in [-0.15, -0.1) is 20.5 Å². The number of carbonyl (C=O) groups is 2. The van der Waals surface area contributed by atoms with Gasteiger partial charge in [0.15, 0.2) is 34.6 Å². The van der Waals surface area contributed by atoms with Crippen LogP contribution in [0, 0.1) is 0 Å². The smallest absolute Gasteiger partial charge is 0.341 e. The molecule has 6 N–H and O–H groups in total. The number of hydrogen-bond acceptors (Lipinski definition) is 16. The van der Waals surface area contributed by atoms with E-state index in [1.54, 1.807) is 33.1 Å². The molecule has 51 heavy (non-hydrogen) atoms. The van der Waals surface area contributed by atoms with E-state index in [1.165, 1.54) is 31.1 Å². The third-order valence-electron chi connectivity index (χ3n) is 7.61. The van der Waals surface area contributed by atoms with Gasteiger partial charge in [-0.05, 0) is 25.7 Å². The number of aromatic carboxylic acids is 2. The maximum atomic E-state index is 11.7. The van der Waals surface area contributed by atoms with Gasteiger partial charge in [0.25, 0.3) is 11.9 Å². The number of rotatable bonds is 15. The Kier molecular flexibility index (Phi) is 10.4. The van der Waals surface area contributed by atoms with E-state index in [2.05, 4.69) is 55.8 Å². The molecule has 0 saturated carbocycles. The molecule has 0 atom stereocenters. The van der Waals surface area contributed by atoms with Gasteiger partial charge in [-0.25, -0.2) is 19.0 Å². The third kappa shape index (κ3) is 7.23. The Morgan fingerprint density at radius 1 is 0.725 bits per heavy atom. The zero-order chi connectivity index (χ0) is 37.0. The van der Waals surface area contributed by atoms with Crippen molar-refractivity contribution in [2.75, 3.05) is 30.5 Å². The molecule has 0 bridgehead atoms. The van der Waals surface area contributed by atoms with Crippen LogP contribution in [0.4, 0.5) is 40.6 Å². The SMILES string of the molecule is CCCCc1nn(-c2nc(N(C)C)nc(-n3nc(CCCC)c(N=Nc4c(C(=O)O)cnn4C)c3N)n2)c(N)c1N=Nc1c(C(=O)O)cnn1C. The molecule has 22 heteroatoms. The van der Waals surface area contributed by atoms with Gasteiger partial charge in [-0.3, -0.25) is 0 Å². The van der Waals surface area contributed by atoms with Crippen molar-refractivity contribution < 1.29 is 19.8 Å². The first-order valence-corrected chi connectivity index (χ1v) is 15.9. The predicted molar refractivity (Wildman–Crippen MR) is 183 cm³/mol. The summed E-state index contributed by atoms with van der Waals surface area (Å²) in [7, 11) is 6.58. The largest absolute Gasteiger partial charge is 0.477 e. The van der Waals surface area contributed by atoms with Crippen LogP contribution >= 0.6 is 0 Å². The summed E-state index contributed by atoms with van der Waals surface area (Å²) in [6, 6.07) is 0. The molecule has 0 aliphatic rings. The van der Waals surface area contributed by atoms with Gasteiger partial charge in [-0.2, -0.15) is 44.7 Å². The van der Waals surface area contributed by atoms with Crippen molar-refractivity contribution in [3.63, 3.8) is 0 Å². The van der Waals surface area contributed by atoms with Gasteiger partial charge in [0.2, 0.25) is 5.95 Å². The van der Waals surface area contributed by atoms with Gasteiger partial charge in [0.1, 0.15) is 11.1 Å². The standard InChI is InChI=1S/C29H38N18O4/c1-7-9-11-17-19(37-39-23-15(25(48)49)13-32-44(23)5)21(30)46(41-17)28-34-27(43(3)4)35-29(36-28)47-22(31)20(18(42-47)12-10-8-2)38-40-24-16(26(50)51)14-33-45(24)6/h13-14H,7-12,30-31H2,1-6H3,(H,48,49)(H,50,51). The maximum Gasteiger partial charge on any atom is 0.341 e. The second-order valence-electron chi connectivity index (χ2n) is 11.5. The number of unbranched alkanes of at least 4 members (excludes halogenated alkanes) is 2. The van der Waals surface area contributed by atoms with E-state index in [9.17, 15) is 19.8 Å². The lowest BCUT2D eigenvalue weighted by Gasteiger charge is -2.13. The lowest BCUT2D eigenvalue weighted by Crippen LogP contribution is -2.19. The monoisotopic (exact) mass is 702 g/mol. The Bertz CT molecular complexity index is 1990. The highest BCUT2D eigenvalue weighted by molar-refractivity contribution is 5.92. The Morgan fingerprint density at radius 3 is 1.49 bits per heavy atom. The van der Waals surface area contributed by atoms with Gasteiger partial charge < -0.3 is 26.6 Å². The minimum Gasteiger partial charge on any atom is -0.477 e. The number of nitrogen functional groups attached to an aromatic ring is 2. The number of aryl methyl sites for hydroxylation is 4. The fourth-order valence-corrected chi connectivity index (χ4v) is 4.82. The van der Waals surface area contributed by atoms with Crippen molar-refractivity contribution in [1.29, 1.82) is 0 Å². The number of hydrogen-bond donors (Lipinski definition) is 4. The van der Waals surface area contributed by atoms with Crippen molar-refractivity contribution in [3.8, 4) is 11.9 Å². The first-order chi connectivity index (χ1) is 24.4. The van der Waals surface area contributed by atoms with Crippen LogP contribution in [0.2, 0.25) is 0 Å². The van der Waals surface area contributed by atoms with Crippen LogP contribution in [-0.2, 0) is 26.9 Å². The van der Waals surface area contributed by atoms with Crippen LogP contribution in [0.3, 0.4) is 0 Å². The molecule has 5 heterocycles. The Balaban J connectivity index is 1.64. The molecule has 5 aromatic rings. The second kappa shape index (κ2) is 14.9. The number of nitrogens with two attached hydrogens (primary N) is 2. The predicted octanol–water partition coefficient (Wildman–Crippen LogP) is 3.85. The molecular weight excluding hydrogens is 664 g/mol. The van der Waals surface area contributed by atoms with E-state index in [-0.39, 0.29) is 63.6 Å². The van der Waals surface area contributed by atoms with Gasteiger partial charge in [0, 0.05) is 28.2 Å². The minimum atomic E-state index is -1.21. The minimum absolute atomic E-state index is 0.0151. The van der Waals surface area contributed by atoms with E-state index in [0.717, 1.165) is 25.7 Å². The highest BCUT2D eigenvalue weighted by Gasteiger charge is 2.25. The molecule has 0 amide bonds. The molecule has 0 radical (unpaired) electrons. The number of anilines is 3. The molecule has 0 fully saturated rings. The summed E-state index contributed by atoms with van der Waals surface area (Å²) in [5.74, 6) is -2.02. The van der Waals surface area contributed by atoms with Crippen LogP contribution in [0.1, 0.15) is 71.6 Å². The topological polar surface area (TPSA) is 289 Å². The Hall–Kier alpha value is -6.61. The lowest BCUT2D eigenvalue weighted by atomic mass is 10.2. The van der Waals surface area contributed by atoms with Crippen LogP contribution < -0.4 is 16.4 Å². The zero-order valence-corrected chi connectivity index (χ0v) is 28.9. The van der Waals surface area contributed by atoms with Crippen LogP contribution in [-0.4, -0.2) is 90.3 Å². The van der Waals surface area contributed by atoms with Crippen molar-refractivity contribution >= 4 is 52.5 Å². The summed E-state index contributed by atoms with van der Waals surface area (Å²) >= 11 is 0. The molecule has 0 aliphatic heterocycles. The van der Waals surface area contributed by atoms with Gasteiger partial charge >= 0.3 is 11.9 Å². The Labute approximate surface area is 290 Å². The van der Waals surface area contributed by atoms with Crippen molar-refractivity contribution in [2.24, 2.45) is 34.6 Å². The lowest BCUT2D eigenvalue weighted by molar-refractivity contribution is 0.0686. The van der Waals surface area contributed by atoms with E-state index in [1.807, 2.05) is 13.8 Å². The summed E-state index contributed by atoms with van der Waals surface area (Å²) in [6.07, 6.45) is 6.56. The number of carboxylic acid groups (broad SMARTS) is 2. The first-order valence-electron chi connectivity index (χ1n) is 15.9. The molecule has 0 saturated heterocycles. The summed E-state index contributed by atoms with van der Waals surface area (Å²) in [4.78, 5) is 38.8. The molecule has 0 unspecified atom stereocenters. The van der Waals surface area contributed by atoms with E-state index < -0.39 is 11.9 Å². The number of azo groups is 2. The highest BCUT2D eigenvalue weighted by atomic mass is 16.4. The average molecular weight is 703 g/mol. The van der Waals surface area contributed by atoms with Crippen LogP contribution in [0.15, 0.2) is 32.9 Å². The molecular formula is C29H38N18O4. The normalized spacial score (nSPS) is 11.7. The zero-order valence-electron chi connectivity index (χ0n) is 28.9. The molecule has 0 spiro atoms. The average Bonchev–Trinajstić information content (AvgIpc) is 3.83. The molecule has 0 aliphatic carbocycles. The van der Waals surface area contributed by atoms with Crippen LogP contribution in [0.5, 0.6) is 0 Å². The fourth-order valence-electron chi connectivity index (χ4n) is 4.82. The van der Waals surface area contributed by atoms with E-state index >= 15 is 0 Å². The Morgan fingerprint density at radius 2 is 1.14 bits per heavy atom. The summed E-state index contributed by atoms with van der Waals surface area (Å²) in [6.45, 7) is 4.05. The third-order valence-corrected chi connectivity index (χ3v) is 7.61. The quantitative estimate of drug-likeness (QED) is 0.113. The van der Waals surface area contributed by atoms with Crippen molar-refractivity contribution in [3.05, 3.63) is 34.9 Å². The number of nitrogens with zero attached hydrogens (tertiary/aromatic N) is 16. The van der Waals surface area contributed by atoms with Gasteiger partial charge in [-0.1, -0.05) is 26.7 Å². The maximum absolute atomic E-state index is 11.7. The molecule has 22 nitrogen and oxygen atoms in total. The molecule has 5 rings (SSSR count). The number of aromatic nitrogens is 11.